The molecule has 1 aromatic heterocycles. The summed E-state index contributed by atoms with van der Waals surface area (Å²) in [6.07, 6.45) is 2.19. The van der Waals surface area contributed by atoms with Crippen molar-refractivity contribution in [1.82, 2.24) is 19.8 Å². The Balaban J connectivity index is 1.60. The normalized spacial score (nSPS) is 15.6. The summed E-state index contributed by atoms with van der Waals surface area (Å²) < 4.78 is 14.5. The summed E-state index contributed by atoms with van der Waals surface area (Å²) in [5.41, 5.74) is 0.684. The number of carbonyl (C=O) groups excluding carboxylic acids is 1. The third-order valence-corrected chi connectivity index (χ3v) is 5.65. The fraction of sp³-hybridized carbons (Fsp3) is 0.333. The third kappa shape index (κ3) is 4.67. The summed E-state index contributed by atoms with van der Waals surface area (Å²) in [7, 11) is 1.71. The largest absolute Gasteiger partial charge is 0.506 e. The van der Waals surface area contributed by atoms with Gasteiger partial charge in [-0.1, -0.05) is 18.2 Å². The lowest BCUT2D eigenvalue weighted by atomic mass is 10.1. The summed E-state index contributed by atoms with van der Waals surface area (Å²) in [6.45, 7) is 4.81. The van der Waals surface area contributed by atoms with Crippen LogP contribution in [0.25, 0.3) is 0 Å². The summed E-state index contributed by atoms with van der Waals surface area (Å²) in [5.74, 6) is 0.168. The number of carbonyl (C=O) groups is 1. The number of imidazole rings is 1. The molecule has 1 amide bonds. The van der Waals surface area contributed by atoms with Crippen LogP contribution in [0.4, 0.5) is 9.57 Å². The van der Waals surface area contributed by atoms with E-state index < -0.39 is 6.23 Å². The van der Waals surface area contributed by atoms with Crippen LogP contribution in [0.3, 0.4) is 0 Å². The number of hydrogen-bond donors (Lipinski definition) is 4. The van der Waals surface area contributed by atoms with Crippen molar-refractivity contribution in [2.45, 2.75) is 23.7 Å². The number of likely N-dealkylation sites (tertiary alicyclic amines) is 1. The summed E-state index contributed by atoms with van der Waals surface area (Å²) in [6, 6.07) is 2.60. The first kappa shape index (κ1) is 21.4. The van der Waals surface area contributed by atoms with E-state index in [0.29, 0.717) is 30.3 Å². The smallest absolute Gasteiger partial charge is 0.269 e. The molecule has 3 rings (SSSR count). The first-order valence-corrected chi connectivity index (χ1v) is 9.84. The molecule has 0 saturated carbocycles. The van der Waals surface area contributed by atoms with Crippen molar-refractivity contribution >= 4 is 35.3 Å². The van der Waals surface area contributed by atoms with Gasteiger partial charge in [0.25, 0.3) is 5.91 Å². The molecular weight excluding hydrogens is 421 g/mol. The maximum absolute atomic E-state index is 12.9. The highest BCUT2D eigenvalue weighted by Gasteiger charge is 2.31. The average Bonchev–Trinajstić information content (AvgIpc) is 3.03. The molecule has 1 aromatic carbocycles. The van der Waals surface area contributed by atoms with Crippen molar-refractivity contribution in [3.05, 3.63) is 47.5 Å². The standard InChI is InChI=1S/C18H21ClFN5O3S/c1-3-17(27)25-8-10(9-25)23-18(28)13-6-22-16(24(13)2)7-21-12-5-15(29-20)11(19)4-14(12)26/h3-6,10,17,21,26-27H,1,7-9H2,2H3,(H,23,28). The summed E-state index contributed by atoms with van der Waals surface area (Å²) >= 11 is 5.83. The Morgan fingerprint density at radius 3 is 2.93 bits per heavy atom. The van der Waals surface area contributed by atoms with Crippen molar-refractivity contribution in [3.63, 3.8) is 0 Å². The van der Waals surface area contributed by atoms with Gasteiger partial charge in [-0.2, -0.15) is 3.89 Å². The first-order chi connectivity index (χ1) is 13.8. The highest BCUT2D eigenvalue weighted by Crippen LogP contribution is 2.36. The number of nitrogens with one attached hydrogen (secondary N) is 2. The number of rotatable bonds is 8. The molecule has 0 radical (unpaired) electrons. The number of nitrogens with zero attached hydrogens (tertiary/aromatic N) is 3. The summed E-state index contributed by atoms with van der Waals surface area (Å²) in [5, 5.41) is 25.6. The molecule has 8 nitrogen and oxygen atoms in total. The first-order valence-electron chi connectivity index (χ1n) is 8.75. The molecule has 0 aliphatic carbocycles. The van der Waals surface area contributed by atoms with Crippen molar-refractivity contribution in [1.29, 1.82) is 0 Å². The van der Waals surface area contributed by atoms with Crippen LogP contribution in [0.15, 0.2) is 35.9 Å². The molecule has 1 aliphatic heterocycles. The minimum atomic E-state index is -0.710. The van der Waals surface area contributed by atoms with Gasteiger partial charge in [-0.25, -0.2) is 4.98 Å². The Kier molecular flexibility index (Phi) is 6.68. The maximum atomic E-state index is 12.9. The zero-order valence-corrected chi connectivity index (χ0v) is 17.2. The number of phenolic OH excluding ortho intramolecular Hbond substituents is 1. The van der Waals surface area contributed by atoms with Gasteiger partial charge in [0, 0.05) is 26.2 Å². The molecule has 11 heteroatoms. The molecule has 29 heavy (non-hydrogen) atoms. The van der Waals surface area contributed by atoms with Gasteiger partial charge in [0.05, 0.1) is 46.5 Å². The van der Waals surface area contributed by atoms with E-state index in [1.54, 1.807) is 16.5 Å². The molecule has 0 spiro atoms. The van der Waals surface area contributed by atoms with E-state index in [9.17, 15) is 18.9 Å². The third-order valence-electron chi connectivity index (χ3n) is 4.72. The van der Waals surface area contributed by atoms with Gasteiger partial charge in [-0.3, -0.25) is 9.69 Å². The second-order valence-electron chi connectivity index (χ2n) is 6.62. The van der Waals surface area contributed by atoms with Crippen molar-refractivity contribution in [2.24, 2.45) is 7.05 Å². The zero-order valence-electron chi connectivity index (χ0n) is 15.6. The van der Waals surface area contributed by atoms with Crippen molar-refractivity contribution < 1.29 is 18.9 Å². The predicted octanol–water partition coefficient (Wildman–Crippen LogP) is 2.29. The Bertz CT molecular complexity index is 919. The lowest BCUT2D eigenvalue weighted by molar-refractivity contribution is -0.0193. The molecule has 0 bridgehead atoms. The molecule has 1 aliphatic rings. The summed E-state index contributed by atoms with van der Waals surface area (Å²) in [4.78, 5) is 18.7. The molecule has 1 fully saturated rings. The topological polar surface area (TPSA) is 103 Å². The van der Waals surface area contributed by atoms with E-state index in [1.807, 2.05) is 0 Å². The van der Waals surface area contributed by atoms with Gasteiger partial charge >= 0.3 is 0 Å². The maximum Gasteiger partial charge on any atom is 0.269 e. The average molecular weight is 442 g/mol. The number of aromatic hydroxyl groups is 1. The lowest BCUT2D eigenvalue weighted by Gasteiger charge is -2.41. The highest BCUT2D eigenvalue weighted by atomic mass is 35.5. The fourth-order valence-electron chi connectivity index (χ4n) is 2.97. The van der Waals surface area contributed by atoms with E-state index >= 15 is 0 Å². The van der Waals surface area contributed by atoms with E-state index in [-0.39, 0.29) is 46.3 Å². The fourth-order valence-corrected chi connectivity index (χ4v) is 3.51. The number of anilines is 1. The van der Waals surface area contributed by atoms with Gasteiger partial charge in [0.1, 0.15) is 23.5 Å². The molecule has 2 aromatic rings. The van der Waals surface area contributed by atoms with Gasteiger partial charge in [0.15, 0.2) is 0 Å². The Hall–Kier alpha value is -2.27. The Morgan fingerprint density at radius 2 is 2.28 bits per heavy atom. The number of amides is 1. The molecule has 1 saturated heterocycles. The number of aliphatic hydroxyl groups excluding tert-OH is 1. The Morgan fingerprint density at radius 1 is 1.55 bits per heavy atom. The quantitative estimate of drug-likeness (QED) is 0.368. The van der Waals surface area contributed by atoms with Crippen LogP contribution in [0, 0.1) is 0 Å². The van der Waals surface area contributed by atoms with Crippen LogP contribution in [0.2, 0.25) is 5.02 Å². The van der Waals surface area contributed by atoms with Crippen LogP contribution in [-0.4, -0.2) is 55.9 Å². The highest BCUT2D eigenvalue weighted by molar-refractivity contribution is 7.94. The van der Waals surface area contributed by atoms with E-state index in [0.717, 1.165) is 0 Å². The number of aliphatic hydroxyl groups is 1. The minimum absolute atomic E-state index is 0.0137. The van der Waals surface area contributed by atoms with Gasteiger partial charge in [-0.05, 0) is 12.1 Å². The van der Waals surface area contributed by atoms with E-state index in [4.69, 9.17) is 11.6 Å². The second-order valence-corrected chi connectivity index (χ2v) is 7.62. The van der Waals surface area contributed by atoms with Crippen LogP contribution in [0.5, 0.6) is 5.75 Å². The van der Waals surface area contributed by atoms with E-state index in [1.165, 1.54) is 24.4 Å². The van der Waals surface area contributed by atoms with Crippen LogP contribution in [0.1, 0.15) is 16.3 Å². The minimum Gasteiger partial charge on any atom is -0.506 e. The number of aromatic nitrogens is 2. The monoisotopic (exact) mass is 441 g/mol. The molecular formula is C18H21ClFN5O3S. The number of hydrogen-bond acceptors (Lipinski definition) is 7. The van der Waals surface area contributed by atoms with Gasteiger partial charge in [0.2, 0.25) is 0 Å². The molecule has 4 N–H and O–H groups in total. The molecule has 156 valence electrons. The lowest BCUT2D eigenvalue weighted by Crippen LogP contribution is -2.61. The van der Waals surface area contributed by atoms with Gasteiger partial charge < -0.3 is 25.4 Å². The SMILES string of the molecule is C=CC(O)N1CC(NC(=O)c2cnc(CNc3cc(SF)c(Cl)cc3O)n2C)C1. The zero-order chi connectivity index (χ0) is 21.1. The predicted molar refractivity (Wildman–Crippen MR) is 110 cm³/mol. The van der Waals surface area contributed by atoms with Crippen LogP contribution < -0.4 is 10.6 Å². The van der Waals surface area contributed by atoms with Crippen LogP contribution >= 0.6 is 23.7 Å². The second kappa shape index (κ2) is 9.04. The molecule has 1 unspecified atom stereocenters. The van der Waals surface area contributed by atoms with Crippen molar-refractivity contribution in [3.8, 4) is 5.75 Å². The van der Waals surface area contributed by atoms with Crippen LogP contribution in [-0.2, 0) is 13.6 Å². The number of halogens is 2. The number of phenols is 1. The number of benzene rings is 1. The molecule has 2 heterocycles. The van der Waals surface area contributed by atoms with Gasteiger partial charge in [-0.15, -0.1) is 0 Å². The Labute approximate surface area is 176 Å². The van der Waals surface area contributed by atoms with E-state index in [2.05, 4.69) is 22.2 Å². The molecule has 1 atom stereocenters. The van der Waals surface area contributed by atoms with Crippen molar-refractivity contribution in [2.75, 3.05) is 18.4 Å².